The largest absolute Gasteiger partial charge is 0.457 e. The molecule has 1 aliphatic rings. The number of hydrogen-bond acceptors (Lipinski definition) is 2. The maximum Gasteiger partial charge on any atom is 0.457 e. The third kappa shape index (κ3) is 3.09. The second kappa shape index (κ2) is 4.71. The van der Waals surface area contributed by atoms with Gasteiger partial charge in [-0.15, -0.1) is 0 Å². The summed E-state index contributed by atoms with van der Waals surface area (Å²) in [5.41, 5.74) is -0.365. The monoisotopic (exact) mass is 210 g/mol. The van der Waals surface area contributed by atoms with Crippen LogP contribution in [0.2, 0.25) is 6.32 Å². The predicted octanol–water partition coefficient (Wildman–Crippen LogP) is 3.43. The van der Waals surface area contributed by atoms with Crippen LogP contribution in [0.1, 0.15) is 47.5 Å². The molecule has 0 aromatic carbocycles. The predicted molar refractivity (Wildman–Crippen MR) is 64.9 cm³/mol. The van der Waals surface area contributed by atoms with Crippen molar-refractivity contribution in [3.8, 4) is 0 Å². The van der Waals surface area contributed by atoms with Crippen LogP contribution in [0.25, 0.3) is 0 Å². The van der Waals surface area contributed by atoms with Crippen LogP contribution in [0.5, 0.6) is 0 Å². The van der Waals surface area contributed by atoms with Crippen molar-refractivity contribution < 1.29 is 9.31 Å². The molecule has 1 heterocycles. The van der Waals surface area contributed by atoms with E-state index in [0.29, 0.717) is 0 Å². The van der Waals surface area contributed by atoms with Gasteiger partial charge in [-0.05, 0) is 47.4 Å². The van der Waals surface area contributed by atoms with Gasteiger partial charge < -0.3 is 9.31 Å². The summed E-state index contributed by atoms with van der Waals surface area (Å²) in [6, 6.07) is 0. The van der Waals surface area contributed by atoms with Crippen molar-refractivity contribution in [1.82, 2.24) is 0 Å². The molecule has 1 aliphatic heterocycles. The van der Waals surface area contributed by atoms with Crippen LogP contribution in [-0.2, 0) is 9.31 Å². The Morgan fingerprint density at radius 3 is 2.07 bits per heavy atom. The minimum Gasteiger partial charge on any atom is -0.403 e. The molecule has 0 aliphatic carbocycles. The minimum atomic E-state index is -0.182. The zero-order chi connectivity index (χ0) is 11.5. The van der Waals surface area contributed by atoms with Crippen LogP contribution >= 0.6 is 0 Å². The normalized spacial score (nSPS) is 23.9. The Hall–Kier alpha value is -0.275. The Balaban J connectivity index is 2.36. The second-order valence-corrected chi connectivity index (χ2v) is 5.19. The molecule has 15 heavy (non-hydrogen) atoms. The molecule has 0 amide bonds. The van der Waals surface area contributed by atoms with Crippen LogP contribution in [0, 0.1) is 0 Å². The average Bonchev–Trinajstić information content (AvgIpc) is 2.30. The summed E-state index contributed by atoms with van der Waals surface area (Å²) in [4.78, 5) is 0. The zero-order valence-corrected chi connectivity index (χ0v) is 10.7. The molecule has 86 valence electrons. The van der Waals surface area contributed by atoms with Gasteiger partial charge in [0.15, 0.2) is 0 Å². The van der Waals surface area contributed by atoms with Crippen molar-refractivity contribution in [3.05, 3.63) is 12.2 Å². The Morgan fingerprint density at radius 2 is 1.60 bits per heavy atom. The molecule has 0 N–H and O–H groups in total. The molecular weight excluding hydrogens is 187 g/mol. The van der Waals surface area contributed by atoms with E-state index in [1.807, 2.05) is 0 Å². The summed E-state index contributed by atoms with van der Waals surface area (Å²) in [5.74, 6) is 0. The van der Waals surface area contributed by atoms with Crippen molar-refractivity contribution in [2.24, 2.45) is 0 Å². The molecule has 0 unspecified atom stereocenters. The van der Waals surface area contributed by atoms with Gasteiger partial charge in [0.1, 0.15) is 0 Å². The van der Waals surface area contributed by atoms with E-state index in [1.165, 1.54) is 0 Å². The summed E-state index contributed by atoms with van der Waals surface area (Å²) in [7, 11) is -0.0275. The van der Waals surface area contributed by atoms with Gasteiger partial charge in [-0.3, -0.25) is 0 Å². The fraction of sp³-hybridized carbons (Fsp3) is 0.833. The zero-order valence-electron chi connectivity index (χ0n) is 10.7. The van der Waals surface area contributed by atoms with Crippen LogP contribution in [-0.4, -0.2) is 18.3 Å². The third-order valence-electron chi connectivity index (χ3n) is 3.35. The van der Waals surface area contributed by atoms with E-state index < -0.39 is 0 Å². The number of allylic oxidation sites excluding steroid dienone is 2. The van der Waals surface area contributed by atoms with Gasteiger partial charge in [-0.1, -0.05) is 18.6 Å². The summed E-state index contributed by atoms with van der Waals surface area (Å²) in [6.07, 6.45) is 7.49. The number of hydrogen-bond donors (Lipinski definition) is 0. The Bertz CT molecular complexity index is 218. The molecule has 2 nitrogen and oxygen atoms in total. The van der Waals surface area contributed by atoms with E-state index in [2.05, 4.69) is 46.8 Å². The van der Waals surface area contributed by atoms with Crippen LogP contribution in [0.15, 0.2) is 12.2 Å². The molecular formula is C12H23BO2. The van der Waals surface area contributed by atoms with Crippen LogP contribution in [0.4, 0.5) is 0 Å². The lowest BCUT2D eigenvalue weighted by atomic mass is 9.82. The Morgan fingerprint density at radius 1 is 1.07 bits per heavy atom. The molecule has 1 rings (SSSR count). The Labute approximate surface area is 94.2 Å². The molecule has 0 radical (unpaired) electrons. The quantitative estimate of drug-likeness (QED) is 0.402. The first-order valence-electron chi connectivity index (χ1n) is 5.86. The standard InChI is InChI=1S/C12H23BO2/c1-6-7-8-9-10-13-14-11(2,3)12(4,5)15-13/h6-7H,8-10H2,1-5H3/b7-6+. The lowest BCUT2D eigenvalue weighted by Crippen LogP contribution is -2.41. The van der Waals surface area contributed by atoms with Gasteiger partial charge in [0.05, 0.1) is 11.2 Å². The van der Waals surface area contributed by atoms with Gasteiger partial charge in [0.25, 0.3) is 0 Å². The van der Waals surface area contributed by atoms with Gasteiger partial charge in [-0.25, -0.2) is 0 Å². The van der Waals surface area contributed by atoms with Gasteiger partial charge in [-0.2, -0.15) is 0 Å². The highest BCUT2D eigenvalue weighted by atomic mass is 16.7. The first-order valence-corrected chi connectivity index (χ1v) is 5.86. The first kappa shape index (κ1) is 12.8. The van der Waals surface area contributed by atoms with E-state index in [1.54, 1.807) is 0 Å². The third-order valence-corrected chi connectivity index (χ3v) is 3.35. The maximum atomic E-state index is 5.90. The first-order chi connectivity index (χ1) is 6.89. The summed E-state index contributed by atoms with van der Waals surface area (Å²) < 4.78 is 11.8. The highest BCUT2D eigenvalue weighted by Crippen LogP contribution is 2.37. The van der Waals surface area contributed by atoms with Crippen molar-refractivity contribution in [2.45, 2.75) is 65.0 Å². The molecule has 0 saturated carbocycles. The molecule has 0 bridgehead atoms. The lowest BCUT2D eigenvalue weighted by molar-refractivity contribution is 0.00578. The smallest absolute Gasteiger partial charge is 0.403 e. The van der Waals surface area contributed by atoms with Crippen molar-refractivity contribution in [3.63, 3.8) is 0 Å². The van der Waals surface area contributed by atoms with E-state index in [4.69, 9.17) is 9.31 Å². The lowest BCUT2D eigenvalue weighted by Gasteiger charge is -2.32. The molecule has 1 fully saturated rings. The fourth-order valence-electron chi connectivity index (χ4n) is 1.65. The number of rotatable bonds is 4. The highest BCUT2D eigenvalue weighted by Gasteiger charge is 2.50. The van der Waals surface area contributed by atoms with Gasteiger partial charge in [0.2, 0.25) is 0 Å². The van der Waals surface area contributed by atoms with E-state index in [9.17, 15) is 0 Å². The fourth-order valence-corrected chi connectivity index (χ4v) is 1.65. The van der Waals surface area contributed by atoms with Crippen molar-refractivity contribution in [1.29, 1.82) is 0 Å². The van der Waals surface area contributed by atoms with Gasteiger partial charge >= 0.3 is 7.12 Å². The molecule has 1 saturated heterocycles. The van der Waals surface area contributed by atoms with Crippen LogP contribution in [0.3, 0.4) is 0 Å². The summed E-state index contributed by atoms with van der Waals surface area (Å²) in [5, 5.41) is 0. The topological polar surface area (TPSA) is 18.5 Å². The average molecular weight is 210 g/mol. The molecule has 0 atom stereocenters. The minimum absolute atomic E-state index is 0.0275. The highest BCUT2D eigenvalue weighted by molar-refractivity contribution is 6.45. The molecule has 0 spiro atoms. The van der Waals surface area contributed by atoms with Crippen molar-refractivity contribution >= 4 is 7.12 Å². The van der Waals surface area contributed by atoms with E-state index in [-0.39, 0.29) is 18.3 Å². The van der Waals surface area contributed by atoms with Gasteiger partial charge in [0, 0.05) is 0 Å². The summed E-state index contributed by atoms with van der Waals surface area (Å²) in [6.45, 7) is 10.4. The maximum absolute atomic E-state index is 5.90. The molecule has 0 aromatic rings. The van der Waals surface area contributed by atoms with E-state index >= 15 is 0 Å². The van der Waals surface area contributed by atoms with E-state index in [0.717, 1.165) is 19.2 Å². The molecule has 3 heteroatoms. The van der Waals surface area contributed by atoms with Crippen molar-refractivity contribution in [2.75, 3.05) is 0 Å². The Kier molecular flexibility index (Phi) is 4.02. The SMILES string of the molecule is C/C=C/CCCB1OC(C)(C)C(C)(C)O1. The summed E-state index contributed by atoms with van der Waals surface area (Å²) >= 11 is 0. The van der Waals surface area contributed by atoms with Crippen LogP contribution < -0.4 is 0 Å². The second-order valence-electron chi connectivity index (χ2n) is 5.19. The number of unbranched alkanes of at least 4 members (excludes halogenated alkanes) is 1. The molecule has 0 aromatic heterocycles.